The van der Waals surface area contributed by atoms with E-state index >= 15 is 0 Å². The van der Waals surface area contributed by atoms with Crippen LogP contribution in [-0.2, 0) is 20.3 Å². The zero-order chi connectivity index (χ0) is 17.0. The van der Waals surface area contributed by atoms with E-state index in [4.69, 9.17) is 16.3 Å². The number of nitriles is 1. The fourth-order valence-electron chi connectivity index (χ4n) is 2.55. The fraction of sp³-hybridized carbons (Fsp3) is 0.438. The Hall–Kier alpha value is -1.55. The third-order valence-electron chi connectivity index (χ3n) is 3.46. The number of sulfone groups is 1. The summed E-state index contributed by atoms with van der Waals surface area (Å²) in [6.07, 6.45) is 1.42. The summed E-state index contributed by atoms with van der Waals surface area (Å²) in [6, 6.07) is 8.37. The van der Waals surface area contributed by atoms with Gasteiger partial charge in [0, 0.05) is 24.3 Å². The molecule has 1 aliphatic heterocycles. The van der Waals surface area contributed by atoms with Crippen LogP contribution in [0.5, 0.6) is 0 Å². The summed E-state index contributed by atoms with van der Waals surface area (Å²) in [4.78, 5) is 1.60. The smallest absolute Gasteiger partial charge is 0.193 e. The topological polar surface area (TPSA) is 70.4 Å². The molecule has 1 aliphatic rings. The van der Waals surface area contributed by atoms with Gasteiger partial charge in [0.15, 0.2) is 14.7 Å². The Bertz CT molecular complexity index is 713. The van der Waals surface area contributed by atoms with Crippen LogP contribution in [0.2, 0.25) is 5.02 Å². The van der Waals surface area contributed by atoms with Crippen molar-refractivity contribution in [2.75, 3.05) is 13.1 Å². The highest BCUT2D eigenvalue weighted by Gasteiger charge is 2.24. The van der Waals surface area contributed by atoms with Gasteiger partial charge in [-0.25, -0.2) is 8.42 Å². The first-order chi connectivity index (χ1) is 10.8. The molecule has 1 heterocycles. The van der Waals surface area contributed by atoms with Crippen molar-refractivity contribution in [3.05, 3.63) is 46.0 Å². The van der Waals surface area contributed by atoms with Crippen molar-refractivity contribution < 1.29 is 13.2 Å². The number of nitrogens with zero attached hydrogens (tertiary/aromatic N) is 2. The second kappa shape index (κ2) is 7.35. The van der Waals surface area contributed by atoms with Gasteiger partial charge < -0.3 is 9.64 Å². The van der Waals surface area contributed by atoms with Crippen LogP contribution < -0.4 is 0 Å². The largest absolute Gasteiger partial charge is 0.372 e. The zero-order valence-corrected chi connectivity index (χ0v) is 14.6. The van der Waals surface area contributed by atoms with Crippen molar-refractivity contribution in [3.8, 4) is 6.07 Å². The second-order valence-corrected chi connectivity index (χ2v) is 8.10. The Morgan fingerprint density at radius 2 is 1.91 bits per heavy atom. The molecule has 5 nitrogen and oxygen atoms in total. The Kier molecular flexibility index (Phi) is 5.69. The van der Waals surface area contributed by atoms with Crippen LogP contribution >= 0.6 is 11.6 Å². The van der Waals surface area contributed by atoms with E-state index in [2.05, 4.69) is 0 Å². The van der Waals surface area contributed by atoms with Crippen molar-refractivity contribution in [1.29, 1.82) is 5.26 Å². The highest BCUT2D eigenvalue weighted by atomic mass is 35.5. The number of hydrogen-bond acceptors (Lipinski definition) is 5. The van der Waals surface area contributed by atoms with E-state index in [-0.39, 0.29) is 22.9 Å². The summed E-state index contributed by atoms with van der Waals surface area (Å²) in [5.74, 6) is -0.223. The summed E-state index contributed by atoms with van der Waals surface area (Å²) in [7, 11) is -3.70. The van der Waals surface area contributed by atoms with Crippen LogP contribution in [-0.4, -0.2) is 38.6 Å². The third-order valence-corrected chi connectivity index (χ3v) is 5.30. The predicted octanol–water partition coefficient (Wildman–Crippen LogP) is 2.73. The maximum Gasteiger partial charge on any atom is 0.193 e. The van der Waals surface area contributed by atoms with Gasteiger partial charge in [0.1, 0.15) is 6.07 Å². The predicted molar refractivity (Wildman–Crippen MR) is 89.4 cm³/mol. The molecule has 1 aromatic rings. The zero-order valence-electron chi connectivity index (χ0n) is 13.1. The molecule has 1 aromatic carbocycles. The van der Waals surface area contributed by atoms with E-state index in [1.54, 1.807) is 24.3 Å². The second-order valence-electron chi connectivity index (χ2n) is 5.70. The number of rotatable bonds is 4. The van der Waals surface area contributed by atoms with Gasteiger partial charge in [-0.1, -0.05) is 23.7 Å². The lowest BCUT2D eigenvalue weighted by molar-refractivity contribution is -0.0541. The summed E-state index contributed by atoms with van der Waals surface area (Å²) in [5.41, 5.74) is 0.597. The molecular weight excluding hydrogens is 336 g/mol. The summed E-state index contributed by atoms with van der Waals surface area (Å²) < 4.78 is 30.6. The maximum atomic E-state index is 12.5. The van der Waals surface area contributed by atoms with Crippen molar-refractivity contribution in [2.45, 2.75) is 31.8 Å². The van der Waals surface area contributed by atoms with Crippen LogP contribution in [0.3, 0.4) is 0 Å². The highest BCUT2D eigenvalue weighted by molar-refractivity contribution is 7.94. The first-order valence-corrected chi connectivity index (χ1v) is 9.32. The Morgan fingerprint density at radius 1 is 1.35 bits per heavy atom. The quantitative estimate of drug-likeness (QED) is 0.777. The van der Waals surface area contributed by atoms with E-state index in [0.29, 0.717) is 23.7 Å². The minimum atomic E-state index is -3.70. The van der Waals surface area contributed by atoms with E-state index in [1.165, 1.54) is 6.20 Å². The summed E-state index contributed by atoms with van der Waals surface area (Å²) in [6.45, 7) is 4.97. The summed E-state index contributed by atoms with van der Waals surface area (Å²) >= 11 is 5.80. The lowest BCUT2D eigenvalue weighted by Crippen LogP contribution is -2.42. The molecule has 2 unspecified atom stereocenters. The molecule has 0 spiro atoms. The van der Waals surface area contributed by atoms with Crippen molar-refractivity contribution >= 4 is 21.4 Å². The highest BCUT2D eigenvalue weighted by Crippen LogP contribution is 2.19. The Morgan fingerprint density at radius 3 is 2.43 bits per heavy atom. The molecular formula is C16H19ClN2O3S. The molecule has 0 bridgehead atoms. The standard InChI is InChI=1S/C16H19ClN2O3S/c1-12-8-19(9-13(2)22-12)10-16(7-18)23(20,21)11-14-3-5-15(17)6-4-14/h3-6,10,12-13H,8-9,11H2,1-2H3. The number of ether oxygens (including phenoxy) is 1. The molecule has 0 amide bonds. The molecule has 1 fully saturated rings. The maximum absolute atomic E-state index is 12.5. The summed E-state index contributed by atoms with van der Waals surface area (Å²) in [5, 5.41) is 9.81. The van der Waals surface area contributed by atoms with Crippen LogP contribution in [0.4, 0.5) is 0 Å². The molecule has 0 N–H and O–H groups in total. The molecule has 0 aliphatic carbocycles. The molecule has 1 saturated heterocycles. The number of morpholine rings is 1. The van der Waals surface area contributed by atoms with Crippen LogP contribution in [0.25, 0.3) is 0 Å². The van der Waals surface area contributed by atoms with E-state index in [0.717, 1.165) is 0 Å². The lowest BCUT2D eigenvalue weighted by Gasteiger charge is -2.34. The molecule has 0 aromatic heterocycles. The van der Waals surface area contributed by atoms with Gasteiger partial charge in [0.05, 0.1) is 18.0 Å². The van der Waals surface area contributed by atoms with Crippen LogP contribution in [0.15, 0.2) is 35.4 Å². The molecule has 0 radical (unpaired) electrons. The number of hydrogen-bond donors (Lipinski definition) is 0. The fourth-order valence-corrected chi connectivity index (χ4v) is 3.91. The number of allylic oxidation sites excluding steroid dienone is 1. The van der Waals surface area contributed by atoms with E-state index < -0.39 is 9.84 Å². The minimum absolute atomic E-state index is 0.00564. The van der Waals surface area contributed by atoms with E-state index in [1.807, 2.05) is 24.8 Å². The van der Waals surface area contributed by atoms with Gasteiger partial charge in [0.2, 0.25) is 0 Å². The normalized spacial score (nSPS) is 22.7. The number of halogens is 1. The van der Waals surface area contributed by atoms with Crippen molar-refractivity contribution in [2.24, 2.45) is 0 Å². The monoisotopic (exact) mass is 354 g/mol. The van der Waals surface area contributed by atoms with Gasteiger partial charge in [-0.05, 0) is 31.5 Å². The average Bonchev–Trinajstić information content (AvgIpc) is 2.46. The molecule has 2 rings (SSSR count). The molecule has 23 heavy (non-hydrogen) atoms. The third kappa shape index (κ3) is 4.96. The van der Waals surface area contributed by atoms with Gasteiger partial charge >= 0.3 is 0 Å². The van der Waals surface area contributed by atoms with E-state index in [9.17, 15) is 13.7 Å². The van der Waals surface area contributed by atoms with Gasteiger partial charge in [-0.15, -0.1) is 0 Å². The molecule has 0 saturated carbocycles. The van der Waals surface area contributed by atoms with Gasteiger partial charge in [-0.3, -0.25) is 0 Å². The minimum Gasteiger partial charge on any atom is -0.372 e. The van der Waals surface area contributed by atoms with Crippen molar-refractivity contribution in [3.63, 3.8) is 0 Å². The Labute approximate surface area is 142 Å². The average molecular weight is 355 g/mol. The number of benzene rings is 1. The van der Waals surface area contributed by atoms with Gasteiger partial charge in [0.25, 0.3) is 0 Å². The lowest BCUT2D eigenvalue weighted by atomic mass is 10.2. The first-order valence-electron chi connectivity index (χ1n) is 7.29. The first kappa shape index (κ1) is 17.8. The van der Waals surface area contributed by atoms with Crippen molar-refractivity contribution in [1.82, 2.24) is 4.90 Å². The molecule has 7 heteroatoms. The van der Waals surface area contributed by atoms with Crippen LogP contribution in [0, 0.1) is 11.3 Å². The van der Waals surface area contributed by atoms with Gasteiger partial charge in [-0.2, -0.15) is 5.26 Å². The molecule has 2 atom stereocenters. The van der Waals surface area contributed by atoms with Crippen LogP contribution in [0.1, 0.15) is 19.4 Å². The SMILES string of the molecule is CC1CN(C=C(C#N)S(=O)(=O)Cc2ccc(Cl)cc2)CC(C)O1. The molecule has 124 valence electrons. The Balaban J connectivity index is 2.19.